The van der Waals surface area contributed by atoms with E-state index in [9.17, 15) is 0 Å². The van der Waals surface area contributed by atoms with Gasteiger partial charge in [0.25, 0.3) is 0 Å². The van der Waals surface area contributed by atoms with E-state index in [1.807, 2.05) is 0 Å². The molecule has 0 atom stereocenters. The summed E-state index contributed by atoms with van der Waals surface area (Å²) in [7, 11) is 6.42. The molecule has 0 rings (SSSR count). The van der Waals surface area contributed by atoms with Crippen LogP contribution in [0.5, 0.6) is 0 Å². The molecular weight excluding hydrogens is 94.2 g/mol. The standard InChI is InChI=1S/C2H5NSi2/c4-1-3-2-5/h3H,1-2H2. The summed E-state index contributed by atoms with van der Waals surface area (Å²) in [4.78, 5) is 0. The second-order valence-electron chi connectivity index (χ2n) is 0.604. The van der Waals surface area contributed by atoms with Gasteiger partial charge in [0.1, 0.15) is 0 Å². The summed E-state index contributed by atoms with van der Waals surface area (Å²) in [5.74, 6) is 0. The zero-order valence-corrected chi connectivity index (χ0v) is 4.91. The molecule has 0 aliphatic carbocycles. The predicted octanol–water partition coefficient (Wildman–Crippen LogP) is -1.17. The van der Waals surface area contributed by atoms with E-state index in [0.29, 0.717) is 0 Å². The van der Waals surface area contributed by atoms with Crippen molar-refractivity contribution in [1.29, 1.82) is 0 Å². The zero-order valence-electron chi connectivity index (χ0n) is 2.91. The van der Waals surface area contributed by atoms with Crippen LogP contribution in [-0.4, -0.2) is 32.8 Å². The summed E-state index contributed by atoms with van der Waals surface area (Å²) in [6.45, 7) is 0. The van der Waals surface area contributed by atoms with E-state index in [1.54, 1.807) is 0 Å². The van der Waals surface area contributed by atoms with Crippen LogP contribution in [-0.2, 0) is 0 Å². The van der Waals surface area contributed by atoms with E-state index in [0.717, 1.165) is 12.3 Å². The van der Waals surface area contributed by atoms with Crippen LogP contribution in [0.1, 0.15) is 0 Å². The van der Waals surface area contributed by atoms with E-state index >= 15 is 0 Å². The Morgan fingerprint density at radius 2 is 1.60 bits per heavy atom. The van der Waals surface area contributed by atoms with Crippen LogP contribution in [0.3, 0.4) is 0 Å². The molecule has 0 aromatic carbocycles. The number of hydrogen-bond donors (Lipinski definition) is 1. The Bertz CT molecular complexity index is 15.1. The van der Waals surface area contributed by atoms with Gasteiger partial charge in [-0.25, -0.2) is 0 Å². The molecule has 1 nitrogen and oxygen atoms in total. The molecule has 0 saturated heterocycles. The first-order valence-electron chi connectivity index (χ1n) is 1.41. The maximum absolute atomic E-state index is 3.21. The normalized spacial score (nSPS) is 8.40. The smallest absolute Gasteiger partial charge is 0.0428 e. The molecular formula is C2H5NSi2. The highest BCUT2D eigenvalue weighted by molar-refractivity contribution is 6.11. The van der Waals surface area contributed by atoms with Gasteiger partial charge in [-0.1, -0.05) is 0 Å². The molecule has 0 aromatic rings. The average molecular weight is 99.2 g/mol. The molecule has 0 saturated carbocycles. The van der Waals surface area contributed by atoms with Crippen LogP contribution in [0.2, 0.25) is 0 Å². The van der Waals surface area contributed by atoms with Gasteiger partial charge in [-0.2, -0.15) is 0 Å². The molecule has 1 N–H and O–H groups in total. The van der Waals surface area contributed by atoms with E-state index in [1.165, 1.54) is 0 Å². The lowest BCUT2D eigenvalue weighted by atomic mass is 11.2. The fourth-order valence-corrected chi connectivity index (χ4v) is 0.562. The van der Waals surface area contributed by atoms with Crippen LogP contribution >= 0.6 is 0 Å². The van der Waals surface area contributed by atoms with Gasteiger partial charge in [0, 0.05) is 20.5 Å². The van der Waals surface area contributed by atoms with Crippen molar-refractivity contribution in [3.05, 3.63) is 0 Å². The fraction of sp³-hybridized carbons (Fsp3) is 1.00. The van der Waals surface area contributed by atoms with Gasteiger partial charge in [-0.15, -0.1) is 0 Å². The van der Waals surface area contributed by atoms with Crippen LogP contribution in [0.15, 0.2) is 0 Å². The highest BCUT2D eigenvalue weighted by Crippen LogP contribution is 1.35. The maximum Gasteiger partial charge on any atom is 0.0428 e. The van der Waals surface area contributed by atoms with E-state index in [4.69, 9.17) is 0 Å². The number of rotatable bonds is 2. The van der Waals surface area contributed by atoms with E-state index in [-0.39, 0.29) is 0 Å². The molecule has 0 heterocycles. The maximum atomic E-state index is 3.21. The van der Waals surface area contributed by atoms with Crippen LogP contribution in [0.25, 0.3) is 0 Å². The highest BCUT2D eigenvalue weighted by Gasteiger charge is 1.63. The van der Waals surface area contributed by atoms with Crippen LogP contribution in [0, 0.1) is 0 Å². The lowest BCUT2D eigenvalue weighted by Gasteiger charge is -1.85. The van der Waals surface area contributed by atoms with Crippen molar-refractivity contribution in [3.8, 4) is 0 Å². The Hall–Kier alpha value is 0.394. The summed E-state index contributed by atoms with van der Waals surface area (Å²) in [6, 6.07) is 0. The van der Waals surface area contributed by atoms with E-state index in [2.05, 4.69) is 25.8 Å². The monoisotopic (exact) mass is 99.0 g/mol. The first kappa shape index (κ1) is 5.39. The van der Waals surface area contributed by atoms with Crippen molar-refractivity contribution in [2.45, 2.75) is 0 Å². The highest BCUT2D eigenvalue weighted by atomic mass is 28.1. The van der Waals surface area contributed by atoms with Crippen molar-refractivity contribution in [3.63, 3.8) is 0 Å². The van der Waals surface area contributed by atoms with Crippen LogP contribution < -0.4 is 5.32 Å². The SMILES string of the molecule is [Si]CNC[Si]. The van der Waals surface area contributed by atoms with Crippen molar-refractivity contribution < 1.29 is 0 Å². The quantitative estimate of drug-likeness (QED) is 0.430. The van der Waals surface area contributed by atoms with Crippen LogP contribution in [0.4, 0.5) is 0 Å². The Morgan fingerprint density at radius 1 is 1.20 bits per heavy atom. The lowest BCUT2D eigenvalue weighted by Crippen LogP contribution is -2.15. The average Bonchev–Trinajstić information content (AvgIpc) is 1.41. The molecule has 0 fully saturated rings. The second kappa shape index (κ2) is 4.39. The molecule has 0 aromatic heterocycles. The second-order valence-corrected chi connectivity index (χ2v) is 1.31. The third kappa shape index (κ3) is 4.39. The van der Waals surface area contributed by atoms with Gasteiger partial charge >= 0.3 is 0 Å². The first-order chi connectivity index (χ1) is 2.41. The van der Waals surface area contributed by atoms with Gasteiger partial charge in [-0.3, -0.25) is 0 Å². The molecule has 0 unspecified atom stereocenters. The molecule has 0 aliphatic heterocycles. The molecule has 6 radical (unpaired) electrons. The Morgan fingerprint density at radius 3 is 1.60 bits per heavy atom. The number of hydrogen-bond acceptors (Lipinski definition) is 1. The van der Waals surface area contributed by atoms with Gasteiger partial charge < -0.3 is 5.32 Å². The number of nitrogens with one attached hydrogen (secondary N) is 1. The fourth-order valence-electron chi connectivity index (χ4n) is 0.0625. The summed E-state index contributed by atoms with van der Waals surface area (Å²) in [6.07, 6.45) is 1.70. The minimum absolute atomic E-state index is 0.851. The predicted molar refractivity (Wildman–Crippen MR) is 24.4 cm³/mol. The van der Waals surface area contributed by atoms with E-state index < -0.39 is 0 Å². The molecule has 5 heavy (non-hydrogen) atoms. The molecule has 0 spiro atoms. The Kier molecular flexibility index (Phi) is 4.74. The van der Waals surface area contributed by atoms with Gasteiger partial charge in [-0.05, 0) is 12.3 Å². The minimum atomic E-state index is 0.851. The van der Waals surface area contributed by atoms with Crippen molar-refractivity contribution in [1.82, 2.24) is 5.32 Å². The topological polar surface area (TPSA) is 12.0 Å². The van der Waals surface area contributed by atoms with Crippen molar-refractivity contribution in [2.75, 3.05) is 12.3 Å². The Labute approximate surface area is 39.0 Å². The third-order valence-electron chi connectivity index (χ3n) is 0.250. The molecule has 0 bridgehead atoms. The zero-order chi connectivity index (χ0) is 4.12. The van der Waals surface area contributed by atoms with Gasteiger partial charge in [0.05, 0.1) is 0 Å². The Balaban J connectivity index is 2.19. The molecule has 3 heteroatoms. The molecule has 0 amide bonds. The van der Waals surface area contributed by atoms with Gasteiger partial charge in [0.15, 0.2) is 0 Å². The summed E-state index contributed by atoms with van der Waals surface area (Å²) in [5.41, 5.74) is 0. The molecule has 0 aliphatic rings. The minimum Gasteiger partial charge on any atom is -0.324 e. The summed E-state index contributed by atoms with van der Waals surface area (Å²) < 4.78 is 0. The third-order valence-corrected chi connectivity index (χ3v) is 0.750. The van der Waals surface area contributed by atoms with Crippen molar-refractivity contribution >= 4 is 20.5 Å². The van der Waals surface area contributed by atoms with Gasteiger partial charge in [0.2, 0.25) is 0 Å². The largest absolute Gasteiger partial charge is 0.324 e. The lowest BCUT2D eigenvalue weighted by molar-refractivity contribution is 0.933. The van der Waals surface area contributed by atoms with Crippen molar-refractivity contribution in [2.24, 2.45) is 0 Å². The summed E-state index contributed by atoms with van der Waals surface area (Å²) >= 11 is 0. The molecule has 26 valence electrons. The summed E-state index contributed by atoms with van der Waals surface area (Å²) in [5, 5.41) is 2.94. The first-order valence-corrected chi connectivity index (χ1v) is 2.83.